The normalized spacial score (nSPS) is 10.8. The van der Waals surface area contributed by atoms with E-state index in [0.717, 1.165) is 11.3 Å². The van der Waals surface area contributed by atoms with Crippen LogP contribution in [0.2, 0.25) is 0 Å². The highest BCUT2D eigenvalue weighted by atomic mass is 16.5. The maximum absolute atomic E-state index is 11.7. The van der Waals surface area contributed by atoms with Gasteiger partial charge in [-0.05, 0) is 55.8 Å². The Hall–Kier alpha value is -2.69. The van der Waals surface area contributed by atoms with Gasteiger partial charge >= 0.3 is 0 Å². The van der Waals surface area contributed by atoms with Crippen molar-refractivity contribution in [3.8, 4) is 5.75 Å². The minimum absolute atomic E-state index is 0.142. The molecule has 1 aromatic heterocycles. The summed E-state index contributed by atoms with van der Waals surface area (Å²) < 4.78 is 5.55. The zero-order valence-electron chi connectivity index (χ0n) is 12.0. The minimum Gasteiger partial charge on any atom is -0.491 e. The Labute approximate surface area is 123 Å². The summed E-state index contributed by atoms with van der Waals surface area (Å²) >= 11 is 0. The molecule has 1 heterocycles. The van der Waals surface area contributed by atoms with Gasteiger partial charge in [-0.15, -0.1) is 0 Å². The van der Waals surface area contributed by atoms with Crippen molar-refractivity contribution in [1.29, 1.82) is 0 Å². The molecule has 5 nitrogen and oxygen atoms in total. The molecule has 1 amide bonds. The first-order valence-corrected chi connectivity index (χ1v) is 6.65. The number of benzene rings is 1. The van der Waals surface area contributed by atoms with E-state index >= 15 is 0 Å². The largest absolute Gasteiger partial charge is 0.491 e. The van der Waals surface area contributed by atoms with Crippen LogP contribution in [0.25, 0.3) is 0 Å². The SMILES string of the molecule is CC(C)Oc1ccc(/C=N\NC(=O)c2cccnc2)cc1. The first-order valence-electron chi connectivity index (χ1n) is 6.65. The van der Waals surface area contributed by atoms with E-state index in [2.05, 4.69) is 15.5 Å². The maximum Gasteiger partial charge on any atom is 0.272 e. The Morgan fingerprint density at radius 1 is 1.29 bits per heavy atom. The first kappa shape index (κ1) is 14.7. The number of aromatic nitrogens is 1. The van der Waals surface area contributed by atoms with Crippen molar-refractivity contribution < 1.29 is 9.53 Å². The molecule has 0 spiro atoms. The zero-order chi connectivity index (χ0) is 15.1. The molecule has 0 saturated carbocycles. The summed E-state index contributed by atoms with van der Waals surface area (Å²) in [4.78, 5) is 15.6. The maximum atomic E-state index is 11.7. The number of nitrogens with zero attached hydrogens (tertiary/aromatic N) is 2. The molecule has 0 fully saturated rings. The Morgan fingerprint density at radius 2 is 2.05 bits per heavy atom. The molecule has 1 N–H and O–H groups in total. The number of hydrazone groups is 1. The number of rotatable bonds is 5. The molecule has 0 aliphatic carbocycles. The molecule has 5 heteroatoms. The van der Waals surface area contributed by atoms with Gasteiger partial charge in [-0.3, -0.25) is 9.78 Å². The van der Waals surface area contributed by atoms with Gasteiger partial charge in [0.25, 0.3) is 5.91 Å². The van der Waals surface area contributed by atoms with Gasteiger partial charge in [-0.25, -0.2) is 5.43 Å². The third-order valence-electron chi connectivity index (χ3n) is 2.56. The van der Waals surface area contributed by atoms with Crippen molar-refractivity contribution in [2.75, 3.05) is 0 Å². The Kier molecular flexibility index (Phi) is 5.04. The van der Waals surface area contributed by atoms with Crippen LogP contribution in [0.15, 0.2) is 53.9 Å². The smallest absolute Gasteiger partial charge is 0.272 e. The van der Waals surface area contributed by atoms with E-state index in [0.29, 0.717) is 5.56 Å². The summed E-state index contributed by atoms with van der Waals surface area (Å²) in [7, 11) is 0. The van der Waals surface area contributed by atoms with Crippen LogP contribution in [0.5, 0.6) is 5.75 Å². The fourth-order valence-corrected chi connectivity index (χ4v) is 1.63. The van der Waals surface area contributed by atoms with Gasteiger partial charge in [-0.1, -0.05) is 0 Å². The number of ether oxygens (including phenoxy) is 1. The summed E-state index contributed by atoms with van der Waals surface area (Å²) in [6.07, 6.45) is 4.82. The summed E-state index contributed by atoms with van der Waals surface area (Å²) in [5.74, 6) is 0.514. The van der Waals surface area contributed by atoms with Crippen LogP contribution >= 0.6 is 0 Å². The molecule has 108 valence electrons. The fraction of sp³-hybridized carbons (Fsp3) is 0.188. The summed E-state index contributed by atoms with van der Waals surface area (Å²) in [5.41, 5.74) is 3.79. The van der Waals surface area contributed by atoms with E-state index in [4.69, 9.17) is 4.74 Å². The molecule has 0 aliphatic heterocycles. The average Bonchev–Trinajstić information content (AvgIpc) is 2.49. The Morgan fingerprint density at radius 3 is 2.67 bits per heavy atom. The summed E-state index contributed by atoms with van der Waals surface area (Å²) in [6, 6.07) is 10.9. The van der Waals surface area contributed by atoms with E-state index in [9.17, 15) is 4.79 Å². The highest BCUT2D eigenvalue weighted by Crippen LogP contribution is 2.12. The molecule has 0 unspecified atom stereocenters. The average molecular weight is 283 g/mol. The van der Waals surface area contributed by atoms with Gasteiger partial charge in [0.2, 0.25) is 0 Å². The lowest BCUT2D eigenvalue weighted by atomic mass is 10.2. The topological polar surface area (TPSA) is 63.6 Å². The molecular weight excluding hydrogens is 266 g/mol. The zero-order valence-corrected chi connectivity index (χ0v) is 12.0. The highest BCUT2D eigenvalue weighted by molar-refractivity contribution is 5.94. The molecule has 0 saturated heterocycles. The van der Waals surface area contributed by atoms with Gasteiger partial charge in [0, 0.05) is 12.4 Å². The van der Waals surface area contributed by atoms with Crippen LogP contribution in [-0.2, 0) is 0 Å². The monoisotopic (exact) mass is 283 g/mol. The predicted molar refractivity (Wildman–Crippen MR) is 81.5 cm³/mol. The molecule has 0 radical (unpaired) electrons. The van der Waals surface area contributed by atoms with Crippen LogP contribution in [0.1, 0.15) is 29.8 Å². The third kappa shape index (κ3) is 4.72. The summed E-state index contributed by atoms with van der Waals surface area (Å²) in [6.45, 7) is 3.95. The van der Waals surface area contributed by atoms with E-state index in [-0.39, 0.29) is 12.0 Å². The van der Waals surface area contributed by atoms with Gasteiger partial charge < -0.3 is 4.74 Å². The lowest BCUT2D eigenvalue weighted by Gasteiger charge is -2.09. The number of pyridine rings is 1. The predicted octanol–water partition coefficient (Wildman–Crippen LogP) is 2.63. The van der Waals surface area contributed by atoms with Crippen molar-refractivity contribution in [2.45, 2.75) is 20.0 Å². The van der Waals surface area contributed by atoms with E-state index in [1.807, 2.05) is 38.1 Å². The number of hydrogen-bond donors (Lipinski definition) is 1. The number of amides is 1. The molecule has 1 aromatic carbocycles. The van der Waals surface area contributed by atoms with Crippen molar-refractivity contribution in [3.63, 3.8) is 0 Å². The van der Waals surface area contributed by atoms with Gasteiger partial charge in [0.05, 0.1) is 17.9 Å². The van der Waals surface area contributed by atoms with Crippen LogP contribution in [0.3, 0.4) is 0 Å². The lowest BCUT2D eigenvalue weighted by molar-refractivity contribution is 0.0955. The molecule has 21 heavy (non-hydrogen) atoms. The van der Waals surface area contributed by atoms with Crippen molar-refractivity contribution >= 4 is 12.1 Å². The lowest BCUT2D eigenvalue weighted by Crippen LogP contribution is -2.17. The number of carbonyl (C=O) groups is 1. The number of nitrogens with one attached hydrogen (secondary N) is 1. The van der Waals surface area contributed by atoms with Gasteiger partial charge in [0.15, 0.2) is 0 Å². The molecule has 0 bridgehead atoms. The second-order valence-corrected chi connectivity index (χ2v) is 4.68. The Bertz CT molecular complexity index is 607. The second-order valence-electron chi connectivity index (χ2n) is 4.68. The molecule has 0 aliphatic rings. The number of carbonyl (C=O) groups excluding carboxylic acids is 1. The van der Waals surface area contributed by atoms with Crippen LogP contribution in [0.4, 0.5) is 0 Å². The quantitative estimate of drug-likeness (QED) is 0.677. The standard InChI is InChI=1S/C16H17N3O2/c1-12(2)21-15-7-5-13(6-8-15)10-18-19-16(20)14-4-3-9-17-11-14/h3-12H,1-2H3,(H,19,20)/b18-10-. The molecular formula is C16H17N3O2. The van der Waals surface area contributed by atoms with Gasteiger partial charge in [-0.2, -0.15) is 5.10 Å². The Balaban J connectivity index is 1.91. The highest BCUT2D eigenvalue weighted by Gasteiger charge is 2.02. The van der Waals surface area contributed by atoms with E-state index in [1.54, 1.807) is 24.5 Å². The van der Waals surface area contributed by atoms with Crippen LogP contribution < -0.4 is 10.2 Å². The van der Waals surface area contributed by atoms with Crippen LogP contribution in [0, 0.1) is 0 Å². The minimum atomic E-state index is -0.292. The third-order valence-corrected chi connectivity index (χ3v) is 2.56. The first-order chi connectivity index (χ1) is 10.1. The number of hydrogen-bond acceptors (Lipinski definition) is 4. The fourth-order valence-electron chi connectivity index (χ4n) is 1.63. The second kappa shape index (κ2) is 7.19. The van der Waals surface area contributed by atoms with E-state index < -0.39 is 0 Å². The van der Waals surface area contributed by atoms with Crippen LogP contribution in [-0.4, -0.2) is 23.2 Å². The molecule has 2 rings (SSSR count). The van der Waals surface area contributed by atoms with Crippen molar-refractivity contribution in [2.24, 2.45) is 5.10 Å². The van der Waals surface area contributed by atoms with Gasteiger partial charge in [0.1, 0.15) is 5.75 Å². The van der Waals surface area contributed by atoms with Crippen molar-refractivity contribution in [3.05, 3.63) is 59.9 Å². The molecule has 2 aromatic rings. The van der Waals surface area contributed by atoms with E-state index in [1.165, 1.54) is 6.20 Å². The van der Waals surface area contributed by atoms with Crippen molar-refractivity contribution in [1.82, 2.24) is 10.4 Å². The summed E-state index contributed by atoms with van der Waals surface area (Å²) in [5, 5.41) is 3.92. The molecule has 0 atom stereocenters.